The van der Waals surface area contributed by atoms with E-state index in [0.29, 0.717) is 12.1 Å². The Balaban J connectivity index is 2.86. The van der Waals surface area contributed by atoms with Crippen LogP contribution in [0.5, 0.6) is 0 Å². The molecule has 0 saturated heterocycles. The molecule has 1 heterocycles. The first-order chi connectivity index (χ1) is 5.58. The normalized spacial score (nSPS) is 15.6. The Bertz CT molecular complexity index is 262. The van der Waals surface area contributed by atoms with E-state index in [1.807, 2.05) is 0 Å². The first kappa shape index (κ1) is 9.00. The number of Topliss-reactive ketones (excluding diaryl/α,β-unsaturated/α-hetero) is 1. The Labute approximate surface area is 71.4 Å². The minimum absolute atomic E-state index is 0.255. The summed E-state index contributed by atoms with van der Waals surface area (Å²) in [6, 6.07) is 3.39. The summed E-state index contributed by atoms with van der Waals surface area (Å²) >= 11 is 0. The third kappa shape index (κ3) is 1.56. The Morgan fingerprint density at radius 1 is 1.75 bits per heavy atom. The van der Waals surface area contributed by atoms with E-state index in [2.05, 4.69) is 4.98 Å². The van der Waals surface area contributed by atoms with Gasteiger partial charge in [-0.15, -0.1) is 0 Å². The molecule has 66 valence electrons. The molecule has 1 atom stereocenters. The van der Waals surface area contributed by atoms with E-state index in [1.165, 1.54) is 6.92 Å². The van der Waals surface area contributed by atoms with Gasteiger partial charge in [0, 0.05) is 6.20 Å². The van der Waals surface area contributed by atoms with Gasteiger partial charge in [0.1, 0.15) is 5.60 Å². The van der Waals surface area contributed by atoms with Crippen molar-refractivity contribution in [2.24, 2.45) is 0 Å². The highest BCUT2D eigenvalue weighted by Gasteiger charge is 2.29. The number of ketones is 1. The van der Waals surface area contributed by atoms with Crippen molar-refractivity contribution in [2.75, 3.05) is 0 Å². The fraction of sp³-hybridized carbons (Fsp3) is 0.444. The highest BCUT2D eigenvalue weighted by atomic mass is 16.3. The van der Waals surface area contributed by atoms with Crippen LogP contribution in [-0.4, -0.2) is 21.5 Å². The van der Waals surface area contributed by atoms with Crippen molar-refractivity contribution >= 4 is 5.78 Å². The van der Waals surface area contributed by atoms with Gasteiger partial charge in [-0.2, -0.15) is 0 Å². The maximum Gasteiger partial charge on any atom is 0.210 e. The number of carbonyl (C=O) groups is 1. The van der Waals surface area contributed by atoms with Crippen LogP contribution in [0.2, 0.25) is 0 Å². The standard InChI is InChI=1S/C9H13NO2/c1-3-9(2,12)8(11)7-5-4-6-10-7/h4-6,10,12H,3H2,1-2H3. The zero-order valence-corrected chi connectivity index (χ0v) is 7.29. The number of aromatic nitrogens is 1. The number of rotatable bonds is 3. The molecule has 1 aromatic rings. The van der Waals surface area contributed by atoms with Gasteiger partial charge in [0.05, 0.1) is 5.69 Å². The van der Waals surface area contributed by atoms with Gasteiger partial charge in [-0.25, -0.2) is 0 Å². The van der Waals surface area contributed by atoms with Gasteiger partial charge in [-0.1, -0.05) is 6.92 Å². The fourth-order valence-corrected chi connectivity index (χ4v) is 0.922. The van der Waals surface area contributed by atoms with E-state index in [1.54, 1.807) is 25.3 Å². The van der Waals surface area contributed by atoms with Gasteiger partial charge in [0.15, 0.2) is 0 Å². The van der Waals surface area contributed by atoms with Gasteiger partial charge in [-0.3, -0.25) is 4.79 Å². The van der Waals surface area contributed by atoms with Crippen molar-refractivity contribution in [3.05, 3.63) is 24.0 Å². The average molecular weight is 167 g/mol. The lowest BCUT2D eigenvalue weighted by atomic mass is 9.96. The lowest BCUT2D eigenvalue weighted by Crippen LogP contribution is -2.34. The van der Waals surface area contributed by atoms with E-state index < -0.39 is 5.60 Å². The quantitative estimate of drug-likeness (QED) is 0.668. The van der Waals surface area contributed by atoms with Crippen LogP contribution in [0.3, 0.4) is 0 Å². The Morgan fingerprint density at radius 2 is 2.42 bits per heavy atom. The molecular weight excluding hydrogens is 154 g/mol. The minimum atomic E-state index is -1.25. The molecule has 0 aliphatic carbocycles. The molecule has 1 rings (SSSR count). The monoisotopic (exact) mass is 167 g/mol. The first-order valence-corrected chi connectivity index (χ1v) is 3.98. The molecule has 1 aromatic heterocycles. The number of hydrogen-bond donors (Lipinski definition) is 2. The van der Waals surface area contributed by atoms with E-state index >= 15 is 0 Å². The average Bonchev–Trinajstić information content (AvgIpc) is 2.55. The number of aliphatic hydroxyl groups is 1. The molecular formula is C9H13NO2. The van der Waals surface area contributed by atoms with Crippen LogP contribution >= 0.6 is 0 Å². The summed E-state index contributed by atoms with van der Waals surface area (Å²) in [7, 11) is 0. The second-order valence-corrected chi connectivity index (χ2v) is 3.04. The highest BCUT2D eigenvalue weighted by Crippen LogP contribution is 2.14. The number of aromatic amines is 1. The lowest BCUT2D eigenvalue weighted by Gasteiger charge is -2.18. The molecule has 0 spiro atoms. The van der Waals surface area contributed by atoms with Gasteiger partial charge >= 0.3 is 0 Å². The highest BCUT2D eigenvalue weighted by molar-refractivity contribution is 6.00. The molecule has 1 unspecified atom stereocenters. The summed E-state index contributed by atoms with van der Waals surface area (Å²) in [5.41, 5.74) is -0.785. The van der Waals surface area contributed by atoms with Gasteiger partial charge < -0.3 is 10.1 Å². The van der Waals surface area contributed by atoms with Crippen molar-refractivity contribution in [3.63, 3.8) is 0 Å². The number of hydrogen-bond acceptors (Lipinski definition) is 2. The van der Waals surface area contributed by atoms with E-state index in [0.717, 1.165) is 0 Å². The summed E-state index contributed by atoms with van der Waals surface area (Å²) < 4.78 is 0. The van der Waals surface area contributed by atoms with Crippen LogP contribution < -0.4 is 0 Å². The van der Waals surface area contributed by atoms with E-state index in [9.17, 15) is 9.90 Å². The number of carbonyl (C=O) groups excluding carboxylic acids is 1. The van der Waals surface area contributed by atoms with Crippen LogP contribution in [0, 0.1) is 0 Å². The molecule has 0 aliphatic rings. The third-order valence-electron chi connectivity index (χ3n) is 2.02. The molecule has 0 amide bonds. The zero-order chi connectivity index (χ0) is 9.19. The zero-order valence-electron chi connectivity index (χ0n) is 7.29. The summed E-state index contributed by atoms with van der Waals surface area (Å²) in [5, 5.41) is 9.59. The van der Waals surface area contributed by atoms with E-state index in [4.69, 9.17) is 0 Å². The minimum Gasteiger partial charge on any atom is -0.382 e. The Morgan fingerprint density at radius 3 is 2.83 bits per heavy atom. The molecule has 0 radical (unpaired) electrons. The topological polar surface area (TPSA) is 53.1 Å². The van der Waals surface area contributed by atoms with Crippen LogP contribution in [0.4, 0.5) is 0 Å². The van der Waals surface area contributed by atoms with Crippen LogP contribution in [0.1, 0.15) is 30.8 Å². The maximum absolute atomic E-state index is 11.5. The smallest absolute Gasteiger partial charge is 0.210 e. The van der Waals surface area contributed by atoms with Crippen molar-refractivity contribution in [3.8, 4) is 0 Å². The molecule has 2 N–H and O–H groups in total. The van der Waals surface area contributed by atoms with Crippen molar-refractivity contribution in [1.82, 2.24) is 4.98 Å². The molecule has 0 saturated carbocycles. The van der Waals surface area contributed by atoms with Gasteiger partial charge in [0.25, 0.3) is 0 Å². The number of nitrogens with one attached hydrogen (secondary N) is 1. The van der Waals surface area contributed by atoms with Gasteiger partial charge in [-0.05, 0) is 25.5 Å². The van der Waals surface area contributed by atoms with Crippen molar-refractivity contribution in [1.29, 1.82) is 0 Å². The van der Waals surface area contributed by atoms with Crippen molar-refractivity contribution in [2.45, 2.75) is 25.9 Å². The van der Waals surface area contributed by atoms with Crippen LogP contribution in [0.15, 0.2) is 18.3 Å². The maximum atomic E-state index is 11.5. The summed E-state index contributed by atoms with van der Waals surface area (Å²) in [5.74, 6) is -0.255. The fourth-order valence-electron chi connectivity index (χ4n) is 0.922. The third-order valence-corrected chi connectivity index (χ3v) is 2.02. The predicted molar refractivity (Wildman–Crippen MR) is 46.0 cm³/mol. The van der Waals surface area contributed by atoms with Crippen LogP contribution in [-0.2, 0) is 0 Å². The van der Waals surface area contributed by atoms with Gasteiger partial charge in [0.2, 0.25) is 5.78 Å². The molecule has 0 bridgehead atoms. The SMILES string of the molecule is CCC(C)(O)C(=O)c1ccc[nH]1. The Kier molecular flexibility index (Phi) is 2.33. The molecule has 0 aromatic carbocycles. The molecule has 12 heavy (non-hydrogen) atoms. The van der Waals surface area contributed by atoms with Crippen molar-refractivity contribution < 1.29 is 9.90 Å². The van der Waals surface area contributed by atoms with E-state index in [-0.39, 0.29) is 5.78 Å². The molecule has 0 fully saturated rings. The summed E-state index contributed by atoms with van der Waals surface area (Å²) in [6.45, 7) is 3.30. The molecule has 3 nitrogen and oxygen atoms in total. The second kappa shape index (κ2) is 3.11. The predicted octanol–water partition coefficient (Wildman–Crippen LogP) is 1.36. The lowest BCUT2D eigenvalue weighted by molar-refractivity contribution is 0.0386. The second-order valence-electron chi connectivity index (χ2n) is 3.04. The molecule has 3 heteroatoms. The summed E-state index contributed by atoms with van der Waals surface area (Å²) in [6.07, 6.45) is 2.09. The van der Waals surface area contributed by atoms with Crippen LogP contribution in [0.25, 0.3) is 0 Å². The first-order valence-electron chi connectivity index (χ1n) is 3.98. The number of H-pyrrole nitrogens is 1. The summed E-state index contributed by atoms with van der Waals surface area (Å²) in [4.78, 5) is 14.2. The largest absolute Gasteiger partial charge is 0.382 e. The Hall–Kier alpha value is -1.09. The molecule has 0 aliphatic heterocycles.